The van der Waals surface area contributed by atoms with Gasteiger partial charge in [0.1, 0.15) is 0 Å². The average molecular weight is 203 g/mol. The van der Waals surface area contributed by atoms with Gasteiger partial charge in [0.15, 0.2) is 0 Å². The topological polar surface area (TPSA) is 43.8 Å². The van der Waals surface area contributed by atoms with Gasteiger partial charge in [0.05, 0.1) is 5.54 Å². The van der Waals surface area contributed by atoms with Crippen molar-refractivity contribution in [3.05, 3.63) is 18.0 Å². The molecule has 1 rings (SSSR count). The quantitative estimate of drug-likeness (QED) is 0.804. The molecule has 1 unspecified atom stereocenters. The van der Waals surface area contributed by atoms with Crippen molar-refractivity contribution < 1.29 is 8.78 Å². The maximum absolute atomic E-state index is 12.5. The highest BCUT2D eigenvalue weighted by atomic mass is 19.3. The maximum atomic E-state index is 12.5. The highest BCUT2D eigenvalue weighted by molar-refractivity contribution is 5.06. The van der Waals surface area contributed by atoms with E-state index in [2.05, 4.69) is 5.10 Å². The monoisotopic (exact) mass is 203 g/mol. The molecule has 0 aromatic carbocycles. The number of rotatable bonds is 4. The first-order chi connectivity index (χ1) is 6.47. The van der Waals surface area contributed by atoms with E-state index < -0.39 is 12.0 Å². The predicted molar refractivity (Wildman–Crippen MR) is 50.2 cm³/mol. The molecule has 0 saturated carbocycles. The number of alkyl halides is 2. The van der Waals surface area contributed by atoms with Gasteiger partial charge in [-0.3, -0.25) is 4.68 Å². The van der Waals surface area contributed by atoms with E-state index in [1.165, 1.54) is 6.92 Å². The molecular formula is C9H15F2N3. The van der Waals surface area contributed by atoms with Crippen molar-refractivity contribution in [3.63, 3.8) is 0 Å². The molecule has 14 heavy (non-hydrogen) atoms. The number of hydrogen-bond donors (Lipinski definition) is 1. The van der Waals surface area contributed by atoms with Crippen LogP contribution >= 0.6 is 0 Å². The van der Waals surface area contributed by atoms with Crippen LogP contribution in [0.2, 0.25) is 0 Å². The number of aromatic nitrogens is 2. The van der Waals surface area contributed by atoms with Crippen molar-refractivity contribution in [1.82, 2.24) is 9.78 Å². The zero-order valence-electron chi connectivity index (χ0n) is 8.37. The van der Waals surface area contributed by atoms with Crippen molar-refractivity contribution in [2.24, 2.45) is 5.73 Å². The SMILES string of the molecule is CCn1nccc1CC(C)(N)C(F)F. The summed E-state index contributed by atoms with van der Waals surface area (Å²) in [6.45, 7) is 3.93. The van der Waals surface area contributed by atoms with Gasteiger partial charge in [-0.1, -0.05) is 0 Å². The Kier molecular flexibility index (Phi) is 3.21. The Hall–Kier alpha value is -0.970. The van der Waals surface area contributed by atoms with Crippen molar-refractivity contribution in [3.8, 4) is 0 Å². The van der Waals surface area contributed by atoms with Crippen molar-refractivity contribution >= 4 is 0 Å². The molecule has 1 aromatic rings. The summed E-state index contributed by atoms with van der Waals surface area (Å²) < 4.78 is 26.6. The van der Waals surface area contributed by atoms with E-state index in [0.717, 1.165) is 5.69 Å². The summed E-state index contributed by atoms with van der Waals surface area (Å²) in [5.41, 5.74) is 4.75. The molecule has 1 aromatic heterocycles. The number of nitrogens with two attached hydrogens (primary N) is 1. The smallest absolute Gasteiger partial charge is 0.256 e. The molecular weight excluding hydrogens is 188 g/mol. The fraction of sp³-hybridized carbons (Fsp3) is 0.667. The molecule has 0 aliphatic heterocycles. The van der Waals surface area contributed by atoms with Crippen LogP contribution in [0, 0.1) is 0 Å². The molecule has 0 bridgehead atoms. The van der Waals surface area contributed by atoms with E-state index in [4.69, 9.17) is 5.73 Å². The molecule has 0 amide bonds. The predicted octanol–water partition coefficient (Wildman–Crippen LogP) is 1.43. The highest BCUT2D eigenvalue weighted by Crippen LogP contribution is 2.17. The van der Waals surface area contributed by atoms with E-state index >= 15 is 0 Å². The first-order valence-electron chi connectivity index (χ1n) is 4.55. The van der Waals surface area contributed by atoms with E-state index in [-0.39, 0.29) is 6.42 Å². The minimum absolute atomic E-state index is 0.137. The summed E-state index contributed by atoms with van der Waals surface area (Å²) in [6.07, 6.45) is -0.790. The maximum Gasteiger partial charge on any atom is 0.256 e. The van der Waals surface area contributed by atoms with Gasteiger partial charge < -0.3 is 5.73 Å². The second-order valence-corrected chi connectivity index (χ2v) is 3.62. The van der Waals surface area contributed by atoms with Crippen LogP contribution < -0.4 is 5.73 Å². The minimum atomic E-state index is -2.53. The number of halogens is 2. The van der Waals surface area contributed by atoms with Gasteiger partial charge in [-0.2, -0.15) is 5.10 Å². The molecule has 5 heteroatoms. The lowest BCUT2D eigenvalue weighted by molar-refractivity contribution is 0.0628. The minimum Gasteiger partial charge on any atom is -0.320 e. The Labute approximate surface area is 81.9 Å². The molecule has 0 saturated heterocycles. The standard InChI is InChI=1S/C9H15F2N3/c1-3-14-7(4-5-13-14)6-9(2,12)8(10)11/h4-5,8H,3,6,12H2,1-2H3. The Balaban J connectivity index is 2.78. The zero-order chi connectivity index (χ0) is 10.8. The molecule has 0 radical (unpaired) electrons. The fourth-order valence-electron chi connectivity index (χ4n) is 1.26. The summed E-state index contributed by atoms with van der Waals surface area (Å²) in [5.74, 6) is 0. The lowest BCUT2D eigenvalue weighted by Gasteiger charge is -2.23. The van der Waals surface area contributed by atoms with Crippen LogP contribution in [0.4, 0.5) is 8.78 Å². The Morgan fingerprint density at radius 3 is 2.79 bits per heavy atom. The molecule has 0 aliphatic carbocycles. The van der Waals surface area contributed by atoms with Crippen molar-refractivity contribution in [1.29, 1.82) is 0 Å². The third-order valence-corrected chi connectivity index (χ3v) is 2.16. The fourth-order valence-corrected chi connectivity index (χ4v) is 1.26. The molecule has 0 spiro atoms. The van der Waals surface area contributed by atoms with Gasteiger partial charge in [-0.15, -0.1) is 0 Å². The Bertz CT molecular complexity index is 294. The normalized spacial score (nSPS) is 15.9. The van der Waals surface area contributed by atoms with E-state index in [9.17, 15) is 8.78 Å². The van der Waals surface area contributed by atoms with Crippen LogP contribution in [0.5, 0.6) is 0 Å². The number of aryl methyl sites for hydroxylation is 1. The molecule has 1 atom stereocenters. The molecule has 80 valence electrons. The van der Waals surface area contributed by atoms with Gasteiger partial charge in [0.2, 0.25) is 0 Å². The highest BCUT2D eigenvalue weighted by Gasteiger charge is 2.31. The molecule has 0 aliphatic rings. The van der Waals surface area contributed by atoms with Crippen LogP contribution in [0.3, 0.4) is 0 Å². The summed E-state index contributed by atoms with van der Waals surface area (Å²) in [4.78, 5) is 0. The van der Waals surface area contributed by atoms with Crippen molar-refractivity contribution in [2.45, 2.75) is 38.8 Å². The van der Waals surface area contributed by atoms with Crippen LogP contribution in [-0.2, 0) is 13.0 Å². The summed E-state index contributed by atoms with van der Waals surface area (Å²) >= 11 is 0. The lowest BCUT2D eigenvalue weighted by atomic mass is 9.98. The second kappa shape index (κ2) is 4.04. The lowest BCUT2D eigenvalue weighted by Crippen LogP contribution is -2.46. The van der Waals surface area contributed by atoms with Gasteiger partial charge in [0.25, 0.3) is 6.43 Å². The number of nitrogens with zero attached hydrogens (tertiary/aromatic N) is 2. The molecule has 1 heterocycles. The van der Waals surface area contributed by atoms with Gasteiger partial charge in [0, 0.05) is 24.9 Å². The van der Waals surface area contributed by atoms with E-state index in [1.807, 2.05) is 6.92 Å². The molecule has 0 fully saturated rings. The van der Waals surface area contributed by atoms with Crippen LogP contribution in [0.1, 0.15) is 19.5 Å². The largest absolute Gasteiger partial charge is 0.320 e. The van der Waals surface area contributed by atoms with Crippen LogP contribution in [0.15, 0.2) is 12.3 Å². The second-order valence-electron chi connectivity index (χ2n) is 3.62. The Morgan fingerprint density at radius 1 is 1.64 bits per heavy atom. The Morgan fingerprint density at radius 2 is 2.29 bits per heavy atom. The first kappa shape index (κ1) is 11.1. The summed E-state index contributed by atoms with van der Waals surface area (Å²) in [6, 6.07) is 1.72. The molecule has 2 N–H and O–H groups in total. The van der Waals surface area contributed by atoms with Gasteiger partial charge in [-0.05, 0) is 19.9 Å². The summed E-state index contributed by atoms with van der Waals surface area (Å²) in [5, 5.41) is 3.99. The van der Waals surface area contributed by atoms with E-state index in [1.54, 1.807) is 16.9 Å². The van der Waals surface area contributed by atoms with Crippen molar-refractivity contribution in [2.75, 3.05) is 0 Å². The van der Waals surface area contributed by atoms with E-state index in [0.29, 0.717) is 6.54 Å². The third-order valence-electron chi connectivity index (χ3n) is 2.16. The number of hydrogen-bond acceptors (Lipinski definition) is 2. The first-order valence-corrected chi connectivity index (χ1v) is 4.55. The third kappa shape index (κ3) is 2.29. The average Bonchev–Trinajstić information content (AvgIpc) is 2.50. The summed E-state index contributed by atoms with van der Waals surface area (Å²) in [7, 11) is 0. The van der Waals surface area contributed by atoms with Crippen LogP contribution in [-0.4, -0.2) is 21.7 Å². The molecule has 3 nitrogen and oxygen atoms in total. The van der Waals surface area contributed by atoms with Gasteiger partial charge >= 0.3 is 0 Å². The van der Waals surface area contributed by atoms with Crippen LogP contribution in [0.25, 0.3) is 0 Å². The zero-order valence-corrected chi connectivity index (χ0v) is 8.37. The van der Waals surface area contributed by atoms with Gasteiger partial charge in [-0.25, -0.2) is 8.78 Å².